The molecule has 18 heavy (non-hydrogen) atoms. The van der Waals surface area contributed by atoms with Gasteiger partial charge in [-0.1, -0.05) is 6.92 Å². The van der Waals surface area contributed by atoms with Crippen molar-refractivity contribution in [3.05, 3.63) is 12.2 Å². The Kier molecular flexibility index (Phi) is 5.13. The van der Waals surface area contributed by atoms with Crippen molar-refractivity contribution in [1.82, 2.24) is 20.1 Å². The van der Waals surface area contributed by atoms with Crippen LogP contribution in [0.3, 0.4) is 0 Å². The van der Waals surface area contributed by atoms with Gasteiger partial charge in [-0.3, -0.25) is 0 Å². The molecular formula is C13H24N4O. The third-order valence-corrected chi connectivity index (χ3v) is 3.61. The molecule has 5 nitrogen and oxygen atoms in total. The summed E-state index contributed by atoms with van der Waals surface area (Å²) in [5.74, 6) is 0.936. The summed E-state index contributed by atoms with van der Waals surface area (Å²) >= 11 is 0. The quantitative estimate of drug-likeness (QED) is 0.838. The normalized spacial score (nSPS) is 24.3. The van der Waals surface area contributed by atoms with Crippen LogP contribution in [0.4, 0.5) is 0 Å². The molecule has 0 bridgehead atoms. The van der Waals surface area contributed by atoms with E-state index >= 15 is 0 Å². The second-order valence-electron chi connectivity index (χ2n) is 4.83. The zero-order valence-corrected chi connectivity index (χ0v) is 11.4. The summed E-state index contributed by atoms with van der Waals surface area (Å²) in [7, 11) is 0. The molecule has 0 aliphatic heterocycles. The van der Waals surface area contributed by atoms with Crippen molar-refractivity contribution >= 4 is 0 Å². The van der Waals surface area contributed by atoms with Crippen molar-refractivity contribution in [3.8, 4) is 0 Å². The fourth-order valence-electron chi connectivity index (χ4n) is 2.58. The maximum Gasteiger partial charge on any atom is 0.152 e. The highest BCUT2D eigenvalue weighted by atomic mass is 16.5. The molecule has 1 aromatic heterocycles. The molecule has 1 aliphatic carbocycles. The highest BCUT2D eigenvalue weighted by Gasteiger charge is 2.21. The Morgan fingerprint density at radius 2 is 2.11 bits per heavy atom. The first-order chi connectivity index (χ1) is 8.83. The number of ether oxygens (including phenoxy) is 1. The number of hydrogen-bond acceptors (Lipinski definition) is 4. The number of rotatable bonds is 6. The van der Waals surface area contributed by atoms with E-state index in [-0.39, 0.29) is 0 Å². The van der Waals surface area contributed by atoms with Crippen molar-refractivity contribution in [2.24, 2.45) is 0 Å². The SMILES string of the molecule is CCNC1CCC(OCc2ncnn2CC)CC1. The largest absolute Gasteiger partial charge is 0.370 e. The third kappa shape index (κ3) is 3.53. The first-order valence-electron chi connectivity index (χ1n) is 7.05. The molecule has 0 unspecified atom stereocenters. The molecule has 5 heteroatoms. The summed E-state index contributed by atoms with van der Waals surface area (Å²) in [6.45, 7) is 6.74. The fourth-order valence-corrected chi connectivity index (χ4v) is 2.58. The molecule has 0 amide bonds. The summed E-state index contributed by atoms with van der Waals surface area (Å²) in [6.07, 6.45) is 6.74. The number of nitrogens with zero attached hydrogens (tertiary/aromatic N) is 3. The Labute approximate surface area is 109 Å². The first-order valence-corrected chi connectivity index (χ1v) is 7.05. The molecule has 1 aliphatic rings. The van der Waals surface area contributed by atoms with Gasteiger partial charge in [0.25, 0.3) is 0 Å². The summed E-state index contributed by atoms with van der Waals surface area (Å²) in [5.41, 5.74) is 0. The van der Waals surface area contributed by atoms with Gasteiger partial charge in [-0.2, -0.15) is 5.10 Å². The van der Waals surface area contributed by atoms with Crippen LogP contribution in [0.15, 0.2) is 6.33 Å². The lowest BCUT2D eigenvalue weighted by molar-refractivity contribution is 0.00674. The minimum atomic E-state index is 0.391. The highest BCUT2D eigenvalue weighted by Crippen LogP contribution is 2.21. The first kappa shape index (κ1) is 13.5. The minimum absolute atomic E-state index is 0.391. The molecule has 0 atom stereocenters. The van der Waals surface area contributed by atoms with Crippen molar-refractivity contribution in [1.29, 1.82) is 0 Å². The average Bonchev–Trinajstić information content (AvgIpc) is 2.86. The van der Waals surface area contributed by atoms with E-state index in [1.807, 2.05) is 4.68 Å². The van der Waals surface area contributed by atoms with Crippen LogP contribution in [-0.4, -0.2) is 33.5 Å². The van der Waals surface area contributed by atoms with Crippen molar-refractivity contribution in [2.75, 3.05) is 6.54 Å². The van der Waals surface area contributed by atoms with E-state index < -0.39 is 0 Å². The summed E-state index contributed by atoms with van der Waals surface area (Å²) in [6, 6.07) is 0.689. The Morgan fingerprint density at radius 3 is 2.78 bits per heavy atom. The monoisotopic (exact) mass is 252 g/mol. The topological polar surface area (TPSA) is 52.0 Å². The second kappa shape index (κ2) is 6.85. The molecule has 0 aromatic carbocycles. The van der Waals surface area contributed by atoms with Crippen molar-refractivity contribution < 1.29 is 4.74 Å². The van der Waals surface area contributed by atoms with Crippen LogP contribution in [0.2, 0.25) is 0 Å². The standard InChI is InChI=1S/C13H24N4O/c1-3-14-11-5-7-12(8-6-11)18-9-13-15-10-16-17(13)4-2/h10-12,14H,3-9H2,1-2H3. The van der Waals surface area contributed by atoms with Crippen LogP contribution < -0.4 is 5.32 Å². The van der Waals surface area contributed by atoms with E-state index in [1.54, 1.807) is 6.33 Å². The Hall–Kier alpha value is -0.940. The van der Waals surface area contributed by atoms with Gasteiger partial charge in [-0.05, 0) is 39.2 Å². The van der Waals surface area contributed by atoms with Gasteiger partial charge in [0.2, 0.25) is 0 Å². The van der Waals surface area contributed by atoms with Gasteiger partial charge in [0.1, 0.15) is 12.9 Å². The van der Waals surface area contributed by atoms with Crippen LogP contribution in [-0.2, 0) is 17.9 Å². The lowest BCUT2D eigenvalue weighted by Gasteiger charge is -2.28. The van der Waals surface area contributed by atoms with Crippen molar-refractivity contribution in [3.63, 3.8) is 0 Å². The third-order valence-electron chi connectivity index (χ3n) is 3.61. The van der Waals surface area contributed by atoms with Crippen LogP contribution in [0.25, 0.3) is 0 Å². The van der Waals surface area contributed by atoms with Gasteiger partial charge in [0.15, 0.2) is 5.82 Å². The van der Waals surface area contributed by atoms with E-state index in [4.69, 9.17) is 4.74 Å². The molecule has 0 saturated heterocycles. The number of nitrogens with one attached hydrogen (secondary N) is 1. The molecule has 1 heterocycles. The van der Waals surface area contributed by atoms with Gasteiger partial charge >= 0.3 is 0 Å². The average molecular weight is 252 g/mol. The molecule has 1 N–H and O–H groups in total. The van der Waals surface area contributed by atoms with Crippen LogP contribution in [0, 0.1) is 0 Å². The number of hydrogen-bond donors (Lipinski definition) is 1. The van der Waals surface area contributed by atoms with E-state index in [0.717, 1.165) is 31.8 Å². The lowest BCUT2D eigenvalue weighted by atomic mass is 9.93. The Morgan fingerprint density at radius 1 is 1.33 bits per heavy atom. The Balaban J connectivity index is 1.72. The zero-order chi connectivity index (χ0) is 12.8. The number of aryl methyl sites for hydroxylation is 1. The van der Waals surface area contributed by atoms with Gasteiger partial charge in [-0.25, -0.2) is 9.67 Å². The maximum absolute atomic E-state index is 5.95. The summed E-state index contributed by atoms with van der Waals surface area (Å²) in [4.78, 5) is 4.23. The van der Waals surface area contributed by atoms with Crippen LogP contribution >= 0.6 is 0 Å². The predicted octanol–water partition coefficient (Wildman–Crippen LogP) is 1.74. The number of aromatic nitrogens is 3. The summed E-state index contributed by atoms with van der Waals surface area (Å²) < 4.78 is 7.84. The second-order valence-corrected chi connectivity index (χ2v) is 4.83. The van der Waals surface area contributed by atoms with Crippen LogP contribution in [0.5, 0.6) is 0 Å². The van der Waals surface area contributed by atoms with E-state index in [1.165, 1.54) is 12.8 Å². The van der Waals surface area contributed by atoms with Crippen molar-refractivity contribution in [2.45, 2.75) is 64.8 Å². The zero-order valence-electron chi connectivity index (χ0n) is 11.4. The van der Waals surface area contributed by atoms with Crippen LogP contribution in [0.1, 0.15) is 45.4 Å². The predicted molar refractivity (Wildman–Crippen MR) is 70.2 cm³/mol. The molecule has 102 valence electrons. The molecule has 0 radical (unpaired) electrons. The van der Waals surface area contributed by atoms with E-state index in [0.29, 0.717) is 18.8 Å². The maximum atomic E-state index is 5.95. The highest BCUT2D eigenvalue weighted by molar-refractivity contribution is 4.83. The van der Waals surface area contributed by atoms with Gasteiger partial charge < -0.3 is 10.1 Å². The summed E-state index contributed by atoms with van der Waals surface area (Å²) in [5, 5.41) is 7.66. The molecule has 1 fully saturated rings. The molecule has 1 aromatic rings. The molecule has 2 rings (SSSR count). The van der Waals surface area contributed by atoms with E-state index in [9.17, 15) is 0 Å². The molecular weight excluding hydrogens is 228 g/mol. The van der Waals surface area contributed by atoms with E-state index in [2.05, 4.69) is 29.2 Å². The smallest absolute Gasteiger partial charge is 0.152 e. The van der Waals surface area contributed by atoms with Gasteiger partial charge in [-0.15, -0.1) is 0 Å². The van der Waals surface area contributed by atoms with Gasteiger partial charge in [0, 0.05) is 12.6 Å². The molecule has 0 spiro atoms. The minimum Gasteiger partial charge on any atom is -0.370 e. The molecule has 1 saturated carbocycles. The van der Waals surface area contributed by atoms with Gasteiger partial charge in [0.05, 0.1) is 6.10 Å². The lowest BCUT2D eigenvalue weighted by Crippen LogP contribution is -2.35. The Bertz CT molecular complexity index is 345. The fraction of sp³-hybridized carbons (Fsp3) is 0.846.